The highest BCUT2D eigenvalue weighted by molar-refractivity contribution is 5.97. The lowest BCUT2D eigenvalue weighted by Crippen LogP contribution is -2.25. The fraction of sp³-hybridized carbons (Fsp3) is 0.176. The molecule has 6 heteroatoms. The zero-order valence-electron chi connectivity index (χ0n) is 12.5. The molecular weight excluding hydrogens is 294 g/mol. The molecule has 0 aliphatic carbocycles. The monoisotopic (exact) mass is 311 g/mol. The summed E-state index contributed by atoms with van der Waals surface area (Å²) in [5, 5.41) is 23.8. The van der Waals surface area contributed by atoms with Gasteiger partial charge in [0.2, 0.25) is 0 Å². The molecule has 0 saturated heterocycles. The molecule has 0 radical (unpaired) electrons. The van der Waals surface area contributed by atoms with Gasteiger partial charge in [-0.3, -0.25) is 4.79 Å². The topological polar surface area (TPSA) is 98.3 Å². The number of carbonyl (C=O) groups excluding carboxylic acids is 1. The highest BCUT2D eigenvalue weighted by Gasteiger charge is 2.08. The second kappa shape index (κ2) is 8.29. The number of hydrogen-bond acceptors (Lipinski definition) is 5. The molecule has 0 fully saturated rings. The van der Waals surface area contributed by atoms with Crippen molar-refractivity contribution in [1.82, 2.24) is 10.6 Å². The molecule has 0 atom stereocenters. The third-order valence-corrected chi connectivity index (χ3v) is 3.11. The van der Waals surface area contributed by atoms with Crippen LogP contribution >= 0.6 is 0 Å². The average Bonchev–Trinajstić information content (AvgIpc) is 3.08. The first-order valence-corrected chi connectivity index (χ1v) is 7.11. The van der Waals surface area contributed by atoms with E-state index in [1.165, 1.54) is 12.5 Å². The summed E-state index contributed by atoms with van der Waals surface area (Å²) in [5.41, 5.74) is 1.05. The van der Waals surface area contributed by atoms with E-state index in [4.69, 9.17) is 9.68 Å². The number of benzene rings is 1. The van der Waals surface area contributed by atoms with Crippen molar-refractivity contribution in [2.75, 3.05) is 6.54 Å². The van der Waals surface area contributed by atoms with Gasteiger partial charge in [-0.15, -0.1) is 0 Å². The fourth-order valence-corrected chi connectivity index (χ4v) is 1.88. The molecule has 0 bridgehead atoms. The number of nitrogens with zero attached hydrogens (tertiary/aromatic N) is 1. The van der Waals surface area contributed by atoms with Crippen LogP contribution in [0.3, 0.4) is 0 Å². The average molecular weight is 311 g/mol. The molecule has 23 heavy (non-hydrogen) atoms. The summed E-state index contributed by atoms with van der Waals surface area (Å²) in [5.74, 6) is 0.388. The third kappa shape index (κ3) is 5.25. The van der Waals surface area contributed by atoms with Crippen LogP contribution in [-0.2, 0) is 17.8 Å². The van der Waals surface area contributed by atoms with Gasteiger partial charge in [0.05, 0.1) is 12.8 Å². The van der Waals surface area contributed by atoms with Crippen molar-refractivity contribution in [3.05, 3.63) is 65.8 Å². The molecule has 6 nitrogen and oxygen atoms in total. The predicted molar refractivity (Wildman–Crippen MR) is 84.1 cm³/mol. The van der Waals surface area contributed by atoms with E-state index in [0.717, 1.165) is 5.56 Å². The van der Waals surface area contributed by atoms with Gasteiger partial charge in [0.25, 0.3) is 5.91 Å². The van der Waals surface area contributed by atoms with Crippen molar-refractivity contribution in [2.45, 2.75) is 13.0 Å². The van der Waals surface area contributed by atoms with Crippen molar-refractivity contribution in [3.63, 3.8) is 0 Å². The summed E-state index contributed by atoms with van der Waals surface area (Å²) < 4.78 is 5.10. The van der Waals surface area contributed by atoms with E-state index in [9.17, 15) is 9.90 Å². The molecule has 1 amide bonds. The standard InChI is InChI=1S/C17H17N3O3/c18-10-14(17(22)20-12-16-2-1-9-23-16)11-19-8-7-13-3-5-15(21)6-4-13/h1-6,9,11,19,21H,7-8,12H2,(H,20,22)/b14-11-. The number of phenolic OH excluding ortho intramolecular Hbond substituents is 1. The molecule has 0 aliphatic heterocycles. The molecule has 118 valence electrons. The Morgan fingerprint density at radius 2 is 2.09 bits per heavy atom. The van der Waals surface area contributed by atoms with E-state index in [1.807, 2.05) is 18.2 Å². The fourth-order valence-electron chi connectivity index (χ4n) is 1.88. The lowest BCUT2D eigenvalue weighted by molar-refractivity contribution is -0.117. The van der Waals surface area contributed by atoms with Crippen molar-refractivity contribution in [1.29, 1.82) is 5.26 Å². The van der Waals surface area contributed by atoms with Crippen LogP contribution in [0, 0.1) is 11.3 Å². The number of aromatic hydroxyl groups is 1. The number of phenols is 1. The largest absolute Gasteiger partial charge is 0.508 e. The maximum Gasteiger partial charge on any atom is 0.263 e. The Morgan fingerprint density at radius 1 is 1.30 bits per heavy atom. The van der Waals surface area contributed by atoms with E-state index >= 15 is 0 Å². The number of furan rings is 1. The zero-order chi connectivity index (χ0) is 16.5. The predicted octanol–water partition coefficient (Wildman–Crippen LogP) is 1.84. The minimum absolute atomic E-state index is 0.00209. The van der Waals surface area contributed by atoms with Gasteiger partial charge in [0.1, 0.15) is 23.2 Å². The first-order valence-electron chi connectivity index (χ1n) is 7.11. The number of rotatable bonds is 7. The van der Waals surface area contributed by atoms with Gasteiger partial charge in [-0.1, -0.05) is 12.1 Å². The number of carbonyl (C=O) groups is 1. The molecule has 2 aromatic rings. The number of amides is 1. The maximum absolute atomic E-state index is 11.9. The normalized spacial score (nSPS) is 10.8. The van der Waals surface area contributed by atoms with Gasteiger partial charge in [-0.05, 0) is 36.2 Å². The number of nitriles is 1. The number of hydrogen-bond donors (Lipinski definition) is 3. The SMILES string of the molecule is N#C/C(=C/NCCc1ccc(O)cc1)C(=O)NCc1ccco1. The molecule has 0 unspecified atom stereocenters. The van der Waals surface area contributed by atoms with Crippen LogP contribution in [0.25, 0.3) is 0 Å². The highest BCUT2D eigenvalue weighted by atomic mass is 16.3. The summed E-state index contributed by atoms with van der Waals surface area (Å²) in [6.07, 6.45) is 3.63. The van der Waals surface area contributed by atoms with Crippen molar-refractivity contribution in [3.8, 4) is 11.8 Å². The second-order valence-corrected chi connectivity index (χ2v) is 4.80. The van der Waals surface area contributed by atoms with Crippen LogP contribution in [0.4, 0.5) is 0 Å². The van der Waals surface area contributed by atoms with Gasteiger partial charge in [0.15, 0.2) is 0 Å². The van der Waals surface area contributed by atoms with Gasteiger partial charge in [-0.2, -0.15) is 5.26 Å². The minimum Gasteiger partial charge on any atom is -0.508 e. The molecule has 2 rings (SSSR count). The zero-order valence-corrected chi connectivity index (χ0v) is 12.5. The molecule has 0 spiro atoms. The first kappa shape index (κ1) is 16.2. The van der Waals surface area contributed by atoms with Crippen LogP contribution in [0.1, 0.15) is 11.3 Å². The minimum atomic E-state index is -0.457. The van der Waals surface area contributed by atoms with E-state index in [1.54, 1.807) is 24.3 Å². The van der Waals surface area contributed by atoms with Gasteiger partial charge >= 0.3 is 0 Å². The van der Waals surface area contributed by atoms with Crippen LogP contribution in [-0.4, -0.2) is 17.6 Å². The van der Waals surface area contributed by atoms with Crippen LogP contribution in [0.5, 0.6) is 5.75 Å². The molecule has 0 saturated carbocycles. The lowest BCUT2D eigenvalue weighted by atomic mass is 10.1. The Hall–Kier alpha value is -3.20. The maximum atomic E-state index is 11.9. The Bertz CT molecular complexity index is 698. The summed E-state index contributed by atoms with van der Waals surface area (Å²) in [6.45, 7) is 0.805. The smallest absolute Gasteiger partial charge is 0.263 e. The first-order chi connectivity index (χ1) is 11.2. The van der Waals surface area contributed by atoms with Crippen LogP contribution < -0.4 is 10.6 Å². The van der Waals surface area contributed by atoms with Crippen LogP contribution in [0.2, 0.25) is 0 Å². The van der Waals surface area contributed by atoms with Gasteiger partial charge in [-0.25, -0.2) is 0 Å². The summed E-state index contributed by atoms with van der Waals surface area (Å²) in [4.78, 5) is 11.9. The third-order valence-electron chi connectivity index (χ3n) is 3.11. The van der Waals surface area contributed by atoms with Crippen molar-refractivity contribution < 1.29 is 14.3 Å². The Balaban J connectivity index is 1.78. The van der Waals surface area contributed by atoms with Crippen molar-refractivity contribution >= 4 is 5.91 Å². The molecule has 3 N–H and O–H groups in total. The van der Waals surface area contributed by atoms with Crippen molar-refractivity contribution in [2.24, 2.45) is 0 Å². The molecule has 1 heterocycles. The van der Waals surface area contributed by atoms with E-state index < -0.39 is 5.91 Å². The lowest BCUT2D eigenvalue weighted by Gasteiger charge is -2.04. The summed E-state index contributed by atoms with van der Waals surface area (Å²) in [7, 11) is 0. The molecule has 0 aliphatic rings. The summed E-state index contributed by atoms with van der Waals surface area (Å²) >= 11 is 0. The van der Waals surface area contributed by atoms with E-state index in [-0.39, 0.29) is 17.9 Å². The van der Waals surface area contributed by atoms with Gasteiger partial charge in [0, 0.05) is 12.7 Å². The molecular formula is C17H17N3O3. The summed E-state index contributed by atoms with van der Waals surface area (Å²) in [6, 6.07) is 12.2. The molecule has 1 aromatic heterocycles. The Morgan fingerprint density at radius 3 is 2.74 bits per heavy atom. The highest BCUT2D eigenvalue weighted by Crippen LogP contribution is 2.09. The second-order valence-electron chi connectivity index (χ2n) is 4.80. The Kier molecular flexibility index (Phi) is 5.83. The quantitative estimate of drug-likeness (QED) is 0.412. The Labute approximate surface area is 134 Å². The van der Waals surface area contributed by atoms with Gasteiger partial charge < -0.3 is 20.2 Å². The molecule has 1 aromatic carbocycles. The van der Waals surface area contributed by atoms with Crippen LogP contribution in [0.15, 0.2) is 58.9 Å². The number of nitrogens with one attached hydrogen (secondary N) is 2. The van der Waals surface area contributed by atoms with E-state index in [0.29, 0.717) is 18.7 Å². The van der Waals surface area contributed by atoms with E-state index in [2.05, 4.69) is 10.6 Å².